The molecular weight excluding hydrogens is 178 g/mol. The maximum Gasteiger partial charge on any atom is 0.281 e. The zero-order valence-corrected chi connectivity index (χ0v) is 7.81. The van der Waals surface area contributed by atoms with Crippen molar-refractivity contribution in [3.05, 3.63) is 47.6 Å². The standard InChI is InChI=1S/C10H11N3O/c11-7-10-12-9(13-14-10)6-8-4-2-1-3-5-8/h1-5H,6-7,11H2/p+1. The smallest absolute Gasteiger partial charge is 0.281 e. The highest BCUT2D eigenvalue weighted by Gasteiger charge is 2.05. The van der Waals surface area contributed by atoms with Crippen molar-refractivity contribution in [3.63, 3.8) is 0 Å². The van der Waals surface area contributed by atoms with Crippen molar-refractivity contribution in [1.82, 2.24) is 10.1 Å². The summed E-state index contributed by atoms with van der Waals surface area (Å²) in [7, 11) is 0. The molecule has 0 saturated heterocycles. The van der Waals surface area contributed by atoms with E-state index in [0.29, 0.717) is 18.9 Å². The second-order valence-corrected chi connectivity index (χ2v) is 3.02. The van der Waals surface area contributed by atoms with Crippen LogP contribution >= 0.6 is 0 Å². The summed E-state index contributed by atoms with van der Waals surface area (Å²) in [6.45, 7) is 0.543. The lowest BCUT2D eigenvalue weighted by Crippen LogP contribution is -2.47. The van der Waals surface area contributed by atoms with Gasteiger partial charge in [0.25, 0.3) is 5.89 Å². The molecule has 0 unspecified atom stereocenters. The topological polar surface area (TPSA) is 66.6 Å². The molecule has 0 fully saturated rings. The molecular formula is C10H12N3O+. The Balaban J connectivity index is 2.11. The SMILES string of the molecule is [NH3+]Cc1nc(Cc2ccccc2)no1. The van der Waals surface area contributed by atoms with E-state index in [1.807, 2.05) is 30.3 Å². The lowest BCUT2D eigenvalue weighted by Gasteiger charge is -1.93. The zero-order chi connectivity index (χ0) is 9.80. The Labute approximate surface area is 81.7 Å². The van der Waals surface area contributed by atoms with Gasteiger partial charge in [0.1, 0.15) is 0 Å². The molecule has 1 aromatic heterocycles. The molecule has 4 nitrogen and oxygen atoms in total. The highest BCUT2D eigenvalue weighted by Crippen LogP contribution is 2.05. The van der Waals surface area contributed by atoms with Crippen LogP contribution in [0.2, 0.25) is 0 Å². The van der Waals surface area contributed by atoms with Crippen LogP contribution < -0.4 is 5.73 Å². The third-order valence-electron chi connectivity index (χ3n) is 1.93. The molecule has 0 aliphatic carbocycles. The van der Waals surface area contributed by atoms with Gasteiger partial charge in [-0.2, -0.15) is 4.98 Å². The summed E-state index contributed by atoms with van der Waals surface area (Å²) in [6, 6.07) is 10.1. The van der Waals surface area contributed by atoms with E-state index >= 15 is 0 Å². The largest absolute Gasteiger partial charge is 0.350 e. The number of quaternary nitrogens is 1. The maximum absolute atomic E-state index is 4.96. The molecule has 72 valence electrons. The Morgan fingerprint density at radius 2 is 2.00 bits per heavy atom. The van der Waals surface area contributed by atoms with Crippen LogP contribution in [0.15, 0.2) is 34.9 Å². The first-order valence-electron chi connectivity index (χ1n) is 4.53. The highest BCUT2D eigenvalue weighted by molar-refractivity contribution is 5.18. The number of benzene rings is 1. The quantitative estimate of drug-likeness (QED) is 0.761. The minimum absolute atomic E-state index is 0.543. The minimum atomic E-state index is 0.543. The number of hydrogen-bond acceptors (Lipinski definition) is 3. The van der Waals surface area contributed by atoms with E-state index in [2.05, 4.69) is 15.9 Å². The van der Waals surface area contributed by atoms with Crippen LogP contribution in [0, 0.1) is 0 Å². The number of hydrogen-bond donors (Lipinski definition) is 1. The fraction of sp³-hybridized carbons (Fsp3) is 0.200. The highest BCUT2D eigenvalue weighted by atomic mass is 16.5. The molecule has 1 heterocycles. The lowest BCUT2D eigenvalue weighted by atomic mass is 10.1. The fourth-order valence-electron chi connectivity index (χ4n) is 1.24. The van der Waals surface area contributed by atoms with E-state index in [4.69, 9.17) is 4.52 Å². The Bertz CT molecular complexity index is 397. The van der Waals surface area contributed by atoms with Crippen molar-refractivity contribution in [1.29, 1.82) is 0 Å². The normalized spacial score (nSPS) is 10.4. The summed E-state index contributed by atoms with van der Waals surface area (Å²) in [4.78, 5) is 4.18. The predicted molar refractivity (Wildman–Crippen MR) is 50.1 cm³/mol. The molecule has 0 atom stereocenters. The Morgan fingerprint density at radius 1 is 1.21 bits per heavy atom. The molecule has 0 amide bonds. The molecule has 2 aromatic rings. The first kappa shape index (κ1) is 8.90. The predicted octanol–water partition coefficient (Wildman–Crippen LogP) is 0.402. The van der Waals surface area contributed by atoms with E-state index in [9.17, 15) is 0 Å². The van der Waals surface area contributed by atoms with Crippen LogP contribution in [0.3, 0.4) is 0 Å². The molecule has 1 aromatic carbocycles. The van der Waals surface area contributed by atoms with E-state index in [1.165, 1.54) is 5.56 Å². The van der Waals surface area contributed by atoms with Gasteiger partial charge in [0.2, 0.25) is 0 Å². The number of aromatic nitrogens is 2. The molecule has 0 bridgehead atoms. The van der Waals surface area contributed by atoms with Crippen LogP contribution in [0.5, 0.6) is 0 Å². The van der Waals surface area contributed by atoms with Crippen LogP contribution in [0.25, 0.3) is 0 Å². The van der Waals surface area contributed by atoms with Crippen molar-refractivity contribution in [3.8, 4) is 0 Å². The first-order chi connectivity index (χ1) is 6.88. The zero-order valence-electron chi connectivity index (χ0n) is 7.81. The van der Waals surface area contributed by atoms with Crippen LogP contribution in [-0.2, 0) is 13.0 Å². The third kappa shape index (κ3) is 1.97. The van der Waals surface area contributed by atoms with Crippen molar-refractivity contribution >= 4 is 0 Å². The van der Waals surface area contributed by atoms with E-state index in [0.717, 1.165) is 5.82 Å². The fourth-order valence-corrected chi connectivity index (χ4v) is 1.24. The molecule has 14 heavy (non-hydrogen) atoms. The van der Waals surface area contributed by atoms with Gasteiger partial charge in [-0.15, -0.1) is 0 Å². The van der Waals surface area contributed by atoms with E-state index < -0.39 is 0 Å². The summed E-state index contributed by atoms with van der Waals surface area (Å²) in [5.41, 5.74) is 4.86. The van der Waals surface area contributed by atoms with Gasteiger partial charge in [0, 0.05) is 6.42 Å². The van der Waals surface area contributed by atoms with Gasteiger partial charge < -0.3 is 10.3 Å². The van der Waals surface area contributed by atoms with Gasteiger partial charge in [-0.25, -0.2) is 0 Å². The third-order valence-corrected chi connectivity index (χ3v) is 1.93. The Morgan fingerprint density at radius 3 is 2.64 bits per heavy atom. The van der Waals surface area contributed by atoms with Crippen molar-refractivity contribution in [2.24, 2.45) is 0 Å². The van der Waals surface area contributed by atoms with Crippen molar-refractivity contribution < 1.29 is 10.3 Å². The van der Waals surface area contributed by atoms with Gasteiger partial charge in [-0.1, -0.05) is 35.5 Å². The van der Waals surface area contributed by atoms with Gasteiger partial charge in [0.15, 0.2) is 12.4 Å². The average Bonchev–Trinajstić information content (AvgIpc) is 2.67. The van der Waals surface area contributed by atoms with Gasteiger partial charge in [-0.05, 0) is 5.56 Å². The first-order valence-corrected chi connectivity index (χ1v) is 4.53. The van der Waals surface area contributed by atoms with Crippen LogP contribution in [0.4, 0.5) is 0 Å². The minimum Gasteiger partial charge on any atom is -0.350 e. The molecule has 4 heteroatoms. The number of rotatable bonds is 3. The molecule has 0 spiro atoms. The monoisotopic (exact) mass is 190 g/mol. The summed E-state index contributed by atoms with van der Waals surface area (Å²) < 4.78 is 4.96. The molecule has 0 aliphatic heterocycles. The summed E-state index contributed by atoms with van der Waals surface area (Å²) in [5.74, 6) is 1.31. The van der Waals surface area contributed by atoms with Crippen LogP contribution in [0.1, 0.15) is 17.3 Å². The Kier molecular flexibility index (Phi) is 2.55. The van der Waals surface area contributed by atoms with Crippen molar-refractivity contribution in [2.45, 2.75) is 13.0 Å². The Hall–Kier alpha value is -1.68. The van der Waals surface area contributed by atoms with E-state index in [-0.39, 0.29) is 0 Å². The van der Waals surface area contributed by atoms with E-state index in [1.54, 1.807) is 0 Å². The summed E-state index contributed by atoms with van der Waals surface area (Å²) in [6.07, 6.45) is 0.713. The van der Waals surface area contributed by atoms with Crippen molar-refractivity contribution in [2.75, 3.05) is 0 Å². The average molecular weight is 190 g/mol. The molecule has 0 radical (unpaired) electrons. The van der Waals surface area contributed by atoms with Gasteiger partial charge in [0.05, 0.1) is 0 Å². The van der Waals surface area contributed by atoms with Gasteiger partial charge >= 0.3 is 0 Å². The lowest BCUT2D eigenvalue weighted by molar-refractivity contribution is -0.391. The van der Waals surface area contributed by atoms with Crippen LogP contribution in [-0.4, -0.2) is 10.1 Å². The molecule has 3 N–H and O–H groups in total. The molecule has 0 aliphatic rings. The molecule has 0 saturated carbocycles. The summed E-state index contributed by atoms with van der Waals surface area (Å²) >= 11 is 0. The second-order valence-electron chi connectivity index (χ2n) is 3.02. The maximum atomic E-state index is 4.96. The van der Waals surface area contributed by atoms with Gasteiger partial charge in [-0.3, -0.25) is 0 Å². The summed E-state index contributed by atoms with van der Waals surface area (Å²) in [5, 5.41) is 3.86. The second kappa shape index (κ2) is 4.02. The molecule has 2 rings (SSSR count). The number of nitrogens with zero attached hydrogens (tertiary/aromatic N) is 2.